The van der Waals surface area contributed by atoms with Crippen LogP contribution in [0.2, 0.25) is 0 Å². The Morgan fingerprint density at radius 2 is 0.427 bits per heavy atom. The molecule has 3 N–H and O–H groups in total. The van der Waals surface area contributed by atoms with Crippen molar-refractivity contribution in [2.24, 2.45) is 0 Å². The lowest BCUT2D eigenvalue weighted by atomic mass is 10.0. The van der Waals surface area contributed by atoms with Gasteiger partial charge in [0.25, 0.3) is 0 Å². The summed E-state index contributed by atoms with van der Waals surface area (Å²) in [5, 5.41) is 23.5. The number of aliphatic hydroxyl groups excluding tert-OH is 2. The molecule has 1 amide bonds. The first-order valence-electron chi connectivity index (χ1n) is 35.7. The topological polar surface area (TPSA) is 69.6 Å². The number of nitrogens with one attached hydrogen (secondary N) is 1. The molecule has 0 aliphatic heterocycles. The molecule has 0 aromatic carbocycles. The molecule has 0 spiro atoms. The zero-order chi connectivity index (χ0) is 54.1. The predicted octanol–water partition coefficient (Wildman–Crippen LogP) is 24.2. The van der Waals surface area contributed by atoms with Gasteiger partial charge in [-0.05, 0) is 12.8 Å². The van der Waals surface area contributed by atoms with Crippen molar-refractivity contribution in [3.63, 3.8) is 0 Å². The molecule has 0 aromatic heterocycles. The summed E-state index contributed by atoms with van der Waals surface area (Å²) in [5.41, 5.74) is 0. The van der Waals surface area contributed by atoms with Gasteiger partial charge in [0, 0.05) is 6.42 Å². The molecule has 0 fully saturated rings. The van der Waals surface area contributed by atoms with Crippen molar-refractivity contribution in [2.75, 3.05) is 6.61 Å². The zero-order valence-corrected chi connectivity index (χ0v) is 52.1. The van der Waals surface area contributed by atoms with E-state index in [2.05, 4.69) is 19.2 Å². The lowest BCUT2D eigenvalue weighted by Crippen LogP contribution is -2.45. The highest BCUT2D eigenvalue weighted by atomic mass is 16.3. The van der Waals surface area contributed by atoms with Gasteiger partial charge in [0.15, 0.2) is 0 Å². The second-order valence-corrected chi connectivity index (χ2v) is 25.0. The van der Waals surface area contributed by atoms with Crippen LogP contribution >= 0.6 is 0 Å². The van der Waals surface area contributed by atoms with Crippen molar-refractivity contribution in [3.05, 3.63) is 0 Å². The van der Waals surface area contributed by atoms with Crippen LogP contribution in [0.4, 0.5) is 0 Å². The van der Waals surface area contributed by atoms with E-state index < -0.39 is 12.1 Å². The summed E-state index contributed by atoms with van der Waals surface area (Å²) < 4.78 is 0. The van der Waals surface area contributed by atoms with Gasteiger partial charge in [-0.25, -0.2) is 0 Å². The van der Waals surface area contributed by atoms with E-state index in [-0.39, 0.29) is 12.5 Å². The molecular weight excluding hydrogens is 915 g/mol. The minimum absolute atomic E-state index is 0.0190. The van der Waals surface area contributed by atoms with Gasteiger partial charge in [0.1, 0.15) is 0 Å². The van der Waals surface area contributed by atoms with Gasteiger partial charge in [-0.1, -0.05) is 412 Å². The highest BCUT2D eigenvalue weighted by Gasteiger charge is 2.20. The normalized spacial score (nSPS) is 12.5. The molecule has 4 nitrogen and oxygen atoms in total. The third-order valence-electron chi connectivity index (χ3n) is 17.4. The molecular formula is C71H143NO3. The number of aliphatic hydroxyl groups is 2. The summed E-state index contributed by atoms with van der Waals surface area (Å²) >= 11 is 0. The molecule has 0 radical (unpaired) electrons. The lowest BCUT2D eigenvalue weighted by molar-refractivity contribution is -0.123. The summed E-state index contributed by atoms with van der Waals surface area (Å²) in [6.07, 6.45) is 88.9. The molecule has 2 unspecified atom stereocenters. The summed E-state index contributed by atoms with van der Waals surface area (Å²) in [7, 11) is 0. The molecule has 75 heavy (non-hydrogen) atoms. The Bertz CT molecular complexity index is 1020. The van der Waals surface area contributed by atoms with E-state index in [0.717, 1.165) is 25.7 Å². The fraction of sp³-hybridized carbons (Fsp3) is 0.986. The number of rotatable bonds is 68. The van der Waals surface area contributed by atoms with Crippen LogP contribution in [-0.2, 0) is 4.79 Å². The van der Waals surface area contributed by atoms with Gasteiger partial charge in [0.05, 0.1) is 18.8 Å². The smallest absolute Gasteiger partial charge is 0.220 e. The fourth-order valence-electron chi connectivity index (χ4n) is 12.0. The monoisotopic (exact) mass is 1060 g/mol. The minimum Gasteiger partial charge on any atom is -0.394 e. The molecule has 4 heteroatoms. The zero-order valence-electron chi connectivity index (χ0n) is 52.1. The van der Waals surface area contributed by atoms with Gasteiger partial charge < -0.3 is 15.5 Å². The van der Waals surface area contributed by atoms with Crippen LogP contribution in [0, 0.1) is 0 Å². The Hall–Kier alpha value is -0.610. The second-order valence-electron chi connectivity index (χ2n) is 25.0. The van der Waals surface area contributed by atoms with Crippen LogP contribution in [0.3, 0.4) is 0 Å². The quantitative estimate of drug-likeness (QED) is 0.0532. The SMILES string of the molecule is CCCCCCCCCCCCCCCCCCCCCCCCCCCCCCCCCCCC(O)C(CO)NC(=O)CCCCCCCCCCCCCCCCCCCCCCCCCCCCCCCC. The number of carbonyl (C=O) groups excluding carboxylic acids is 1. The average molecular weight is 1060 g/mol. The van der Waals surface area contributed by atoms with Gasteiger partial charge in [-0.15, -0.1) is 0 Å². The molecule has 0 rings (SSSR count). The standard InChI is InChI=1S/C71H143NO3/c1-3-5-7-9-11-13-15-17-19-21-23-25-27-29-31-33-35-36-37-38-40-42-44-46-48-50-52-54-56-58-60-62-64-66-70(74)69(68-73)72-71(75)67-65-63-61-59-57-55-53-51-49-47-45-43-41-39-34-32-30-28-26-24-22-20-18-16-14-12-10-8-6-4-2/h69-70,73-74H,3-68H2,1-2H3,(H,72,75). The van der Waals surface area contributed by atoms with Crippen molar-refractivity contribution in [1.29, 1.82) is 0 Å². The Labute approximate surface area is 474 Å². The summed E-state index contributed by atoms with van der Waals surface area (Å²) in [6, 6.07) is -0.533. The Morgan fingerprint density at radius 1 is 0.267 bits per heavy atom. The molecule has 450 valence electrons. The van der Waals surface area contributed by atoms with Crippen LogP contribution in [0.25, 0.3) is 0 Å². The Kier molecular flexibility index (Phi) is 67.1. The Morgan fingerprint density at radius 3 is 0.600 bits per heavy atom. The second kappa shape index (κ2) is 67.7. The van der Waals surface area contributed by atoms with E-state index in [4.69, 9.17) is 0 Å². The molecule has 0 saturated carbocycles. The van der Waals surface area contributed by atoms with Gasteiger partial charge in [0.2, 0.25) is 5.91 Å². The van der Waals surface area contributed by atoms with E-state index in [9.17, 15) is 15.0 Å². The molecule has 0 saturated heterocycles. The molecule has 2 atom stereocenters. The van der Waals surface area contributed by atoms with Crippen LogP contribution in [0.15, 0.2) is 0 Å². The third-order valence-corrected chi connectivity index (χ3v) is 17.4. The molecule has 0 aromatic rings. The van der Waals surface area contributed by atoms with Crippen LogP contribution in [-0.4, -0.2) is 34.9 Å². The number of carbonyl (C=O) groups is 1. The predicted molar refractivity (Wildman–Crippen MR) is 336 cm³/mol. The first-order valence-corrected chi connectivity index (χ1v) is 35.7. The van der Waals surface area contributed by atoms with E-state index in [1.165, 1.54) is 379 Å². The number of amides is 1. The van der Waals surface area contributed by atoms with E-state index in [1.54, 1.807) is 0 Å². The van der Waals surface area contributed by atoms with Gasteiger partial charge >= 0.3 is 0 Å². The summed E-state index contributed by atoms with van der Waals surface area (Å²) in [4.78, 5) is 12.6. The molecule has 0 aliphatic carbocycles. The average Bonchev–Trinajstić information content (AvgIpc) is 3.41. The minimum atomic E-state index is -0.657. The van der Waals surface area contributed by atoms with E-state index >= 15 is 0 Å². The van der Waals surface area contributed by atoms with Crippen LogP contribution < -0.4 is 5.32 Å². The number of hydrogen-bond donors (Lipinski definition) is 3. The molecule has 0 heterocycles. The van der Waals surface area contributed by atoms with E-state index in [1.807, 2.05) is 0 Å². The van der Waals surface area contributed by atoms with Crippen molar-refractivity contribution in [3.8, 4) is 0 Å². The number of hydrogen-bond acceptors (Lipinski definition) is 3. The first kappa shape index (κ1) is 74.4. The Balaban J connectivity index is 3.35. The highest BCUT2D eigenvalue weighted by molar-refractivity contribution is 5.76. The summed E-state index contributed by atoms with van der Waals surface area (Å²) in [6.45, 7) is 4.42. The van der Waals surface area contributed by atoms with Crippen molar-refractivity contribution >= 4 is 5.91 Å². The van der Waals surface area contributed by atoms with Gasteiger partial charge in [-0.2, -0.15) is 0 Å². The van der Waals surface area contributed by atoms with Crippen molar-refractivity contribution in [1.82, 2.24) is 5.32 Å². The highest BCUT2D eigenvalue weighted by Crippen LogP contribution is 2.20. The third kappa shape index (κ3) is 64.1. The summed E-state index contributed by atoms with van der Waals surface area (Å²) in [5.74, 6) is -0.0190. The van der Waals surface area contributed by atoms with Crippen LogP contribution in [0.5, 0.6) is 0 Å². The van der Waals surface area contributed by atoms with E-state index in [0.29, 0.717) is 12.8 Å². The maximum atomic E-state index is 12.6. The van der Waals surface area contributed by atoms with Gasteiger partial charge in [-0.3, -0.25) is 4.79 Å². The first-order chi connectivity index (χ1) is 37.2. The molecule has 0 aliphatic rings. The van der Waals surface area contributed by atoms with Crippen LogP contribution in [0.1, 0.15) is 431 Å². The molecule has 0 bridgehead atoms. The van der Waals surface area contributed by atoms with Crippen molar-refractivity contribution < 1.29 is 15.0 Å². The maximum Gasteiger partial charge on any atom is 0.220 e. The number of unbranched alkanes of at least 4 members (excludes halogenated alkanes) is 61. The lowest BCUT2D eigenvalue weighted by Gasteiger charge is -2.22. The fourth-order valence-corrected chi connectivity index (χ4v) is 12.0. The largest absolute Gasteiger partial charge is 0.394 e. The maximum absolute atomic E-state index is 12.6. The van der Waals surface area contributed by atoms with Crippen molar-refractivity contribution in [2.45, 2.75) is 443 Å².